The minimum Gasteiger partial charge on any atom is -0.457 e. The van der Waals surface area contributed by atoms with Crippen molar-refractivity contribution in [1.29, 1.82) is 0 Å². The second-order valence-electron chi connectivity index (χ2n) is 14.7. The molecule has 2 unspecified atom stereocenters. The minimum atomic E-state index is -4.25. The fourth-order valence-corrected chi connectivity index (χ4v) is 6.29. The van der Waals surface area contributed by atoms with Crippen LogP contribution in [0, 0.1) is 0 Å². The van der Waals surface area contributed by atoms with E-state index in [-0.39, 0.29) is 25.8 Å². The summed E-state index contributed by atoms with van der Waals surface area (Å²) < 4.78 is 34.7. The Bertz CT molecular complexity index is 731. The first-order chi connectivity index (χ1) is 22.6. The molecule has 0 aromatic rings. The number of carbonyl (C=O) groups is 1. The molecule has 0 aliphatic heterocycles. The van der Waals surface area contributed by atoms with Gasteiger partial charge in [-0.25, -0.2) is 4.57 Å². The van der Waals surface area contributed by atoms with Gasteiger partial charge in [-0.15, -0.1) is 0 Å². The molecule has 0 fully saturated rings. The molecule has 0 rings (SSSR count). The first-order valence-corrected chi connectivity index (χ1v) is 21.3. The number of hydrogen-bond acceptors (Lipinski definition) is 6. The lowest BCUT2D eigenvalue weighted by Crippen LogP contribution is -2.37. The minimum absolute atomic E-state index is 0.0929. The molecule has 0 radical (unpaired) electrons. The highest BCUT2D eigenvalue weighted by Crippen LogP contribution is 2.43. The van der Waals surface area contributed by atoms with Crippen LogP contribution in [0.1, 0.15) is 181 Å². The summed E-state index contributed by atoms with van der Waals surface area (Å²) in [6, 6.07) is 0. The Morgan fingerprint density at radius 1 is 0.574 bits per heavy atom. The fourth-order valence-electron chi connectivity index (χ4n) is 5.55. The van der Waals surface area contributed by atoms with Gasteiger partial charge in [0.15, 0.2) is 0 Å². The smallest absolute Gasteiger partial charge is 0.457 e. The van der Waals surface area contributed by atoms with Gasteiger partial charge < -0.3 is 18.9 Å². The zero-order chi connectivity index (χ0) is 34.9. The van der Waals surface area contributed by atoms with Gasteiger partial charge in [-0.1, -0.05) is 162 Å². The first-order valence-electron chi connectivity index (χ1n) is 19.8. The van der Waals surface area contributed by atoms with Crippen LogP contribution in [0.2, 0.25) is 0 Å². The number of phosphoric acid groups is 1. The molecule has 1 N–H and O–H groups in total. The average molecular weight is 693 g/mol. The molecule has 0 aromatic carbocycles. The van der Waals surface area contributed by atoms with Crippen molar-refractivity contribution in [3.05, 3.63) is 0 Å². The third-order valence-corrected chi connectivity index (χ3v) is 9.65. The molecule has 0 bridgehead atoms. The molecule has 8 nitrogen and oxygen atoms in total. The van der Waals surface area contributed by atoms with Crippen molar-refractivity contribution in [1.82, 2.24) is 0 Å². The van der Waals surface area contributed by atoms with E-state index in [1.165, 1.54) is 128 Å². The lowest BCUT2D eigenvalue weighted by Gasteiger charge is -2.24. The zero-order valence-corrected chi connectivity index (χ0v) is 32.7. The van der Waals surface area contributed by atoms with Crippen molar-refractivity contribution in [2.75, 3.05) is 54.1 Å². The lowest BCUT2D eigenvalue weighted by atomic mass is 10.0. The molecule has 0 spiro atoms. The summed E-state index contributed by atoms with van der Waals surface area (Å²) in [5.74, 6) is -0.320. The Kier molecular flexibility index (Phi) is 32.3. The van der Waals surface area contributed by atoms with E-state index in [2.05, 4.69) is 13.8 Å². The third kappa shape index (κ3) is 36.6. The fraction of sp³-hybridized carbons (Fsp3) is 0.974. The highest BCUT2D eigenvalue weighted by molar-refractivity contribution is 7.47. The maximum Gasteiger partial charge on any atom is 0.472 e. The van der Waals surface area contributed by atoms with Gasteiger partial charge in [0.05, 0.1) is 34.4 Å². The molecule has 282 valence electrons. The maximum atomic E-state index is 12.5. The molecule has 0 saturated heterocycles. The number of ether oxygens (including phenoxy) is 2. The van der Waals surface area contributed by atoms with Crippen LogP contribution in [-0.4, -0.2) is 75.6 Å². The van der Waals surface area contributed by atoms with Crippen molar-refractivity contribution in [3.63, 3.8) is 0 Å². The molecular weight excluding hydrogens is 613 g/mol. The molecule has 0 aliphatic carbocycles. The Morgan fingerprint density at radius 2 is 0.979 bits per heavy atom. The van der Waals surface area contributed by atoms with E-state index in [1.54, 1.807) is 0 Å². The molecule has 47 heavy (non-hydrogen) atoms. The maximum absolute atomic E-state index is 12.5. The number of nitrogens with zero attached hydrogens (tertiary/aromatic N) is 1. The zero-order valence-electron chi connectivity index (χ0n) is 31.8. The van der Waals surface area contributed by atoms with Crippen LogP contribution >= 0.6 is 7.82 Å². The quantitative estimate of drug-likeness (QED) is 0.0300. The van der Waals surface area contributed by atoms with Gasteiger partial charge in [-0.3, -0.25) is 13.8 Å². The van der Waals surface area contributed by atoms with Gasteiger partial charge in [0.25, 0.3) is 0 Å². The predicted octanol–water partition coefficient (Wildman–Crippen LogP) is 10.9. The van der Waals surface area contributed by atoms with E-state index in [4.69, 9.17) is 18.5 Å². The van der Waals surface area contributed by atoms with E-state index >= 15 is 0 Å². The molecule has 0 aromatic heterocycles. The number of hydrogen-bond donors (Lipinski definition) is 1. The number of rotatable bonds is 37. The number of quaternary nitrogens is 1. The molecular formula is C38H79NO7P+. The SMILES string of the molecule is CCCCCCCCCCCCCCCCCCCCCOCC(COP(=O)(O)OCC[N+](C)(C)C)OC(=O)CCCCCCCC. The summed E-state index contributed by atoms with van der Waals surface area (Å²) in [5.41, 5.74) is 0. The summed E-state index contributed by atoms with van der Waals surface area (Å²) in [7, 11) is 1.68. The van der Waals surface area contributed by atoms with Gasteiger partial charge in [-0.2, -0.15) is 0 Å². The summed E-state index contributed by atoms with van der Waals surface area (Å²) >= 11 is 0. The largest absolute Gasteiger partial charge is 0.472 e. The van der Waals surface area contributed by atoms with Crippen LogP contribution in [0.5, 0.6) is 0 Å². The second-order valence-corrected chi connectivity index (χ2v) is 16.1. The van der Waals surface area contributed by atoms with Crippen LogP contribution in [0.4, 0.5) is 0 Å². The molecule has 0 aliphatic rings. The van der Waals surface area contributed by atoms with E-state index in [9.17, 15) is 14.3 Å². The number of unbranched alkanes of at least 4 members (excludes halogenated alkanes) is 23. The van der Waals surface area contributed by atoms with Gasteiger partial charge in [-0.05, 0) is 12.8 Å². The van der Waals surface area contributed by atoms with Gasteiger partial charge in [0, 0.05) is 13.0 Å². The molecule has 0 heterocycles. The summed E-state index contributed by atoms with van der Waals surface area (Å²) in [4.78, 5) is 22.6. The average Bonchev–Trinajstić information content (AvgIpc) is 3.01. The normalized spacial score (nSPS) is 13.9. The highest BCUT2D eigenvalue weighted by Gasteiger charge is 2.26. The van der Waals surface area contributed by atoms with Gasteiger partial charge in [0.1, 0.15) is 19.3 Å². The number of phosphoric ester groups is 1. The number of likely N-dealkylation sites (N-methyl/N-ethyl adjacent to an activating group) is 1. The van der Waals surface area contributed by atoms with Crippen molar-refractivity contribution in [2.45, 2.75) is 187 Å². The molecule has 2 atom stereocenters. The molecule has 0 saturated carbocycles. The first kappa shape index (κ1) is 46.5. The van der Waals surface area contributed by atoms with Gasteiger partial charge in [0.2, 0.25) is 0 Å². The van der Waals surface area contributed by atoms with Gasteiger partial charge >= 0.3 is 13.8 Å². The summed E-state index contributed by atoms with van der Waals surface area (Å²) in [6.45, 7) is 5.59. The Hall–Kier alpha value is -0.500. The number of carbonyl (C=O) groups excluding carboxylic acids is 1. The monoisotopic (exact) mass is 693 g/mol. The van der Waals surface area contributed by atoms with Crippen LogP contribution in [-0.2, 0) is 27.9 Å². The van der Waals surface area contributed by atoms with E-state index < -0.39 is 13.9 Å². The lowest BCUT2D eigenvalue weighted by molar-refractivity contribution is -0.870. The van der Waals surface area contributed by atoms with Crippen molar-refractivity contribution in [3.8, 4) is 0 Å². The molecule has 0 amide bonds. The van der Waals surface area contributed by atoms with E-state index in [0.29, 0.717) is 24.1 Å². The van der Waals surface area contributed by atoms with Crippen LogP contribution in [0.3, 0.4) is 0 Å². The van der Waals surface area contributed by atoms with Crippen LogP contribution in [0.25, 0.3) is 0 Å². The summed E-state index contributed by atoms with van der Waals surface area (Å²) in [6.07, 6.45) is 31.6. The summed E-state index contributed by atoms with van der Waals surface area (Å²) in [5, 5.41) is 0. The highest BCUT2D eigenvalue weighted by atomic mass is 31.2. The Balaban J connectivity index is 4.03. The van der Waals surface area contributed by atoms with Crippen LogP contribution < -0.4 is 0 Å². The standard InChI is InChI=1S/C38H78NO7P/c1-6-8-10-12-14-15-16-17-18-19-20-21-22-23-24-25-26-28-30-33-43-35-37(46-38(40)31-29-27-13-11-9-7-2)36-45-47(41,42)44-34-32-39(3,4)5/h37H,6-36H2,1-5H3/p+1. The topological polar surface area (TPSA) is 91.3 Å². The van der Waals surface area contributed by atoms with E-state index in [1.807, 2.05) is 21.1 Å². The second kappa shape index (κ2) is 32.7. The number of esters is 1. The Labute approximate surface area is 291 Å². The Morgan fingerprint density at radius 3 is 1.40 bits per heavy atom. The molecule has 9 heteroatoms. The van der Waals surface area contributed by atoms with Crippen molar-refractivity contribution < 1.29 is 37.3 Å². The third-order valence-electron chi connectivity index (χ3n) is 8.67. The predicted molar refractivity (Wildman–Crippen MR) is 197 cm³/mol. The van der Waals surface area contributed by atoms with Crippen molar-refractivity contribution in [2.24, 2.45) is 0 Å². The van der Waals surface area contributed by atoms with Crippen LogP contribution in [0.15, 0.2) is 0 Å². The van der Waals surface area contributed by atoms with E-state index in [0.717, 1.165) is 32.1 Å². The van der Waals surface area contributed by atoms with Crippen molar-refractivity contribution >= 4 is 13.8 Å².